The van der Waals surface area contributed by atoms with Crippen molar-refractivity contribution < 1.29 is 23.1 Å². The van der Waals surface area contributed by atoms with Gasteiger partial charge in [-0.15, -0.1) is 0 Å². The Bertz CT molecular complexity index is 610. The maximum atomic E-state index is 11.9. The number of carboxylic acids is 1. The molecule has 1 atom stereocenters. The van der Waals surface area contributed by atoms with Gasteiger partial charge in [-0.05, 0) is 6.42 Å². The predicted molar refractivity (Wildman–Crippen MR) is 74.5 cm³/mol. The van der Waals surface area contributed by atoms with Gasteiger partial charge in [0.05, 0.1) is 12.1 Å². The highest BCUT2D eigenvalue weighted by molar-refractivity contribution is 7.90. The molecule has 21 heavy (non-hydrogen) atoms. The predicted octanol–water partition coefficient (Wildman–Crippen LogP) is -1.54. The second-order valence-corrected chi connectivity index (χ2v) is 6.83. The maximum Gasteiger partial charge on any atom is 0.326 e. The molecule has 0 fully saturated rings. The number of nitrogens with one attached hydrogen (secondary N) is 1. The Balaban J connectivity index is 2.69. The second-order valence-electron chi connectivity index (χ2n) is 4.57. The standard InChI is InChI=1S/C11H18N4O5S/c1-21(19,20)5-2-8(11(17)18)14-10(16)9-6-15(4-3-12)7-13-9/h6-8H,2-5,12H2,1H3,(H,14,16)(H,17,18). The van der Waals surface area contributed by atoms with Crippen molar-refractivity contribution in [1.29, 1.82) is 0 Å². The van der Waals surface area contributed by atoms with Gasteiger partial charge in [-0.1, -0.05) is 0 Å². The molecule has 0 saturated heterocycles. The lowest BCUT2D eigenvalue weighted by molar-refractivity contribution is -0.139. The number of carbonyl (C=O) groups is 2. The third-order valence-electron chi connectivity index (χ3n) is 2.63. The van der Waals surface area contributed by atoms with Gasteiger partial charge in [0.15, 0.2) is 0 Å². The average Bonchev–Trinajstić information content (AvgIpc) is 2.81. The van der Waals surface area contributed by atoms with Crippen molar-refractivity contribution in [1.82, 2.24) is 14.9 Å². The van der Waals surface area contributed by atoms with Crippen LogP contribution in [0.3, 0.4) is 0 Å². The van der Waals surface area contributed by atoms with E-state index in [1.54, 1.807) is 4.57 Å². The number of aromatic nitrogens is 2. The van der Waals surface area contributed by atoms with Gasteiger partial charge in [-0.3, -0.25) is 4.79 Å². The van der Waals surface area contributed by atoms with E-state index in [0.717, 1.165) is 6.26 Å². The highest BCUT2D eigenvalue weighted by atomic mass is 32.2. The number of rotatable bonds is 8. The molecule has 1 heterocycles. The van der Waals surface area contributed by atoms with E-state index < -0.39 is 27.8 Å². The normalized spacial score (nSPS) is 12.9. The molecule has 1 aromatic heterocycles. The number of aliphatic carboxylic acids is 1. The summed E-state index contributed by atoms with van der Waals surface area (Å²) in [5, 5.41) is 11.3. The van der Waals surface area contributed by atoms with Crippen LogP contribution in [0.5, 0.6) is 0 Å². The van der Waals surface area contributed by atoms with Crippen molar-refractivity contribution in [2.75, 3.05) is 18.6 Å². The quantitative estimate of drug-likeness (QED) is 0.526. The first kappa shape index (κ1) is 17.1. The Morgan fingerprint density at radius 2 is 2.19 bits per heavy atom. The van der Waals surface area contributed by atoms with E-state index in [4.69, 9.17) is 10.8 Å². The Morgan fingerprint density at radius 3 is 2.71 bits per heavy atom. The zero-order chi connectivity index (χ0) is 16.0. The topological polar surface area (TPSA) is 144 Å². The number of sulfone groups is 1. The van der Waals surface area contributed by atoms with Crippen LogP contribution in [0.2, 0.25) is 0 Å². The van der Waals surface area contributed by atoms with Crippen molar-refractivity contribution >= 4 is 21.7 Å². The number of amides is 1. The van der Waals surface area contributed by atoms with Gasteiger partial charge < -0.3 is 20.7 Å². The summed E-state index contributed by atoms with van der Waals surface area (Å²) in [6.07, 6.45) is 3.65. The molecule has 1 rings (SSSR count). The highest BCUT2D eigenvalue weighted by Gasteiger charge is 2.23. The van der Waals surface area contributed by atoms with Crippen molar-refractivity contribution in [2.24, 2.45) is 5.73 Å². The molecule has 0 aliphatic carbocycles. The smallest absolute Gasteiger partial charge is 0.326 e. The van der Waals surface area contributed by atoms with Gasteiger partial charge in [0.25, 0.3) is 5.91 Å². The minimum Gasteiger partial charge on any atom is -0.480 e. The molecule has 118 valence electrons. The molecule has 0 radical (unpaired) electrons. The van der Waals surface area contributed by atoms with Gasteiger partial charge in [0.1, 0.15) is 21.6 Å². The summed E-state index contributed by atoms with van der Waals surface area (Å²) in [6.45, 7) is 0.861. The first-order chi connectivity index (χ1) is 9.73. The zero-order valence-electron chi connectivity index (χ0n) is 11.5. The summed E-state index contributed by atoms with van der Waals surface area (Å²) in [7, 11) is -3.30. The lowest BCUT2D eigenvalue weighted by atomic mass is 10.2. The van der Waals surface area contributed by atoms with Crippen molar-refractivity contribution in [3.05, 3.63) is 18.2 Å². The van der Waals surface area contributed by atoms with Gasteiger partial charge in [-0.2, -0.15) is 0 Å². The molecule has 10 heteroatoms. The Labute approximate surface area is 122 Å². The molecule has 0 bridgehead atoms. The van der Waals surface area contributed by atoms with Crippen LogP contribution in [0.4, 0.5) is 0 Å². The van der Waals surface area contributed by atoms with E-state index in [1.807, 2.05) is 0 Å². The number of carboxylic acid groups (broad SMARTS) is 1. The largest absolute Gasteiger partial charge is 0.480 e. The van der Waals surface area contributed by atoms with Gasteiger partial charge in [-0.25, -0.2) is 18.2 Å². The first-order valence-corrected chi connectivity index (χ1v) is 8.22. The van der Waals surface area contributed by atoms with Gasteiger partial charge >= 0.3 is 5.97 Å². The van der Waals surface area contributed by atoms with Gasteiger partial charge in [0, 0.05) is 25.5 Å². The third-order valence-corrected chi connectivity index (χ3v) is 3.61. The summed E-state index contributed by atoms with van der Waals surface area (Å²) in [4.78, 5) is 26.8. The SMILES string of the molecule is CS(=O)(=O)CCC(NC(=O)c1cn(CCN)cn1)C(=O)O. The average molecular weight is 318 g/mol. The number of nitrogens with zero attached hydrogens (tertiary/aromatic N) is 2. The number of carbonyl (C=O) groups excluding carboxylic acids is 1. The van der Waals surface area contributed by atoms with Crippen LogP contribution >= 0.6 is 0 Å². The van der Waals surface area contributed by atoms with E-state index in [1.165, 1.54) is 12.5 Å². The second kappa shape index (κ2) is 7.18. The molecular weight excluding hydrogens is 300 g/mol. The number of nitrogens with two attached hydrogens (primary N) is 1. The van der Waals surface area contributed by atoms with Crippen LogP contribution in [0.1, 0.15) is 16.9 Å². The lowest BCUT2D eigenvalue weighted by Gasteiger charge is -2.12. The minimum atomic E-state index is -3.30. The molecule has 1 unspecified atom stereocenters. The fourth-order valence-corrected chi connectivity index (χ4v) is 2.23. The monoisotopic (exact) mass is 318 g/mol. The Hall–Kier alpha value is -1.94. The van der Waals surface area contributed by atoms with E-state index >= 15 is 0 Å². The number of hydrogen-bond acceptors (Lipinski definition) is 6. The third kappa shape index (κ3) is 5.92. The van der Waals surface area contributed by atoms with Crippen molar-refractivity contribution in [3.63, 3.8) is 0 Å². The fourth-order valence-electron chi connectivity index (χ4n) is 1.57. The van der Waals surface area contributed by atoms with Crippen molar-refractivity contribution in [2.45, 2.75) is 19.0 Å². The van der Waals surface area contributed by atoms with Crippen LogP contribution in [0.15, 0.2) is 12.5 Å². The molecule has 0 saturated carbocycles. The van der Waals surface area contributed by atoms with E-state index in [2.05, 4.69) is 10.3 Å². The maximum absolute atomic E-state index is 11.9. The fraction of sp³-hybridized carbons (Fsp3) is 0.545. The summed E-state index contributed by atoms with van der Waals surface area (Å²) >= 11 is 0. The van der Waals surface area contributed by atoms with Crippen LogP contribution in [-0.2, 0) is 21.2 Å². The Kier molecular flexibility index (Phi) is 5.85. The summed E-state index contributed by atoms with van der Waals surface area (Å²) in [5.74, 6) is -2.30. The van der Waals surface area contributed by atoms with E-state index in [9.17, 15) is 18.0 Å². The molecule has 4 N–H and O–H groups in total. The molecule has 1 amide bonds. The van der Waals surface area contributed by atoms with Crippen LogP contribution in [-0.4, -0.2) is 59.5 Å². The van der Waals surface area contributed by atoms with Crippen LogP contribution < -0.4 is 11.1 Å². The summed E-state index contributed by atoms with van der Waals surface area (Å²) < 4.78 is 23.7. The Morgan fingerprint density at radius 1 is 1.52 bits per heavy atom. The summed E-state index contributed by atoms with van der Waals surface area (Å²) in [5.41, 5.74) is 5.41. The van der Waals surface area contributed by atoms with Gasteiger partial charge in [0.2, 0.25) is 0 Å². The molecular formula is C11H18N4O5S. The molecule has 0 aliphatic rings. The first-order valence-electron chi connectivity index (χ1n) is 6.16. The summed E-state index contributed by atoms with van der Waals surface area (Å²) in [6, 6.07) is -1.29. The molecule has 9 nitrogen and oxygen atoms in total. The highest BCUT2D eigenvalue weighted by Crippen LogP contribution is 2.01. The number of imidazole rings is 1. The molecule has 1 aromatic rings. The molecule has 0 aliphatic heterocycles. The molecule has 0 aromatic carbocycles. The number of hydrogen-bond donors (Lipinski definition) is 3. The molecule has 0 spiro atoms. The lowest BCUT2D eigenvalue weighted by Crippen LogP contribution is -2.42. The van der Waals surface area contributed by atoms with Crippen molar-refractivity contribution in [3.8, 4) is 0 Å². The van der Waals surface area contributed by atoms with E-state index in [0.29, 0.717) is 13.1 Å². The zero-order valence-corrected chi connectivity index (χ0v) is 12.3. The van der Waals surface area contributed by atoms with Crippen LogP contribution in [0.25, 0.3) is 0 Å². The van der Waals surface area contributed by atoms with E-state index in [-0.39, 0.29) is 17.9 Å². The van der Waals surface area contributed by atoms with Crippen LogP contribution in [0, 0.1) is 0 Å². The minimum absolute atomic E-state index is 0.0501.